The van der Waals surface area contributed by atoms with Crippen LogP contribution in [0.2, 0.25) is 0 Å². The highest BCUT2D eigenvalue weighted by molar-refractivity contribution is 9.10. The van der Waals surface area contributed by atoms with E-state index in [1.807, 2.05) is 25.1 Å². The Labute approximate surface area is 85.9 Å². The highest BCUT2D eigenvalue weighted by atomic mass is 79.9. The fourth-order valence-electron chi connectivity index (χ4n) is 0.924. The third-order valence-electron chi connectivity index (χ3n) is 1.60. The first-order valence-corrected chi connectivity index (χ1v) is 4.69. The summed E-state index contributed by atoms with van der Waals surface area (Å²) in [6.07, 6.45) is 0. The van der Waals surface area contributed by atoms with Gasteiger partial charge in [0.15, 0.2) is 5.05 Å². The summed E-state index contributed by atoms with van der Waals surface area (Å²) in [6.45, 7) is 2.01. The molecule has 0 aliphatic heterocycles. The number of aryl methyl sites for hydroxylation is 1. The molecule has 0 aromatic heterocycles. The summed E-state index contributed by atoms with van der Waals surface area (Å²) >= 11 is 8.40. The van der Waals surface area contributed by atoms with Gasteiger partial charge in [-0.15, -0.1) is 0 Å². The standard InChI is InChI=1S/C9H9BrOS/c1-6-3-4-7(10)5-8(6)9(12)11-2/h3-5H,1-2H3. The van der Waals surface area contributed by atoms with Crippen molar-refractivity contribution in [2.24, 2.45) is 0 Å². The minimum Gasteiger partial charge on any atom is -0.486 e. The summed E-state index contributed by atoms with van der Waals surface area (Å²) < 4.78 is 6.00. The van der Waals surface area contributed by atoms with E-state index in [2.05, 4.69) is 15.9 Å². The number of hydrogen-bond acceptors (Lipinski definition) is 2. The number of halogens is 1. The number of benzene rings is 1. The first kappa shape index (κ1) is 9.68. The highest BCUT2D eigenvalue weighted by Crippen LogP contribution is 2.17. The van der Waals surface area contributed by atoms with Crippen LogP contribution in [-0.4, -0.2) is 12.2 Å². The molecule has 1 rings (SSSR count). The van der Waals surface area contributed by atoms with Crippen molar-refractivity contribution in [1.82, 2.24) is 0 Å². The third kappa shape index (κ3) is 2.05. The summed E-state index contributed by atoms with van der Waals surface area (Å²) in [5.41, 5.74) is 2.10. The lowest BCUT2D eigenvalue weighted by molar-refractivity contribution is 0.415. The molecule has 0 unspecified atom stereocenters. The van der Waals surface area contributed by atoms with Gasteiger partial charge in [0.2, 0.25) is 0 Å². The van der Waals surface area contributed by atoms with Gasteiger partial charge in [0.25, 0.3) is 0 Å². The Hall–Kier alpha value is -0.410. The van der Waals surface area contributed by atoms with Crippen molar-refractivity contribution in [1.29, 1.82) is 0 Å². The van der Waals surface area contributed by atoms with Crippen molar-refractivity contribution in [3.8, 4) is 0 Å². The highest BCUT2D eigenvalue weighted by Gasteiger charge is 2.04. The van der Waals surface area contributed by atoms with Crippen LogP contribution in [0.5, 0.6) is 0 Å². The average Bonchev–Trinajstić information content (AvgIpc) is 2.08. The predicted molar refractivity (Wildman–Crippen MR) is 57.6 cm³/mol. The number of ether oxygens (including phenoxy) is 1. The maximum absolute atomic E-state index is 5.03. The largest absolute Gasteiger partial charge is 0.486 e. The summed E-state index contributed by atoms with van der Waals surface area (Å²) in [4.78, 5) is 0. The topological polar surface area (TPSA) is 9.23 Å². The molecule has 1 aromatic carbocycles. The van der Waals surface area contributed by atoms with Gasteiger partial charge in [-0.05, 0) is 36.8 Å². The van der Waals surface area contributed by atoms with Crippen LogP contribution >= 0.6 is 28.1 Å². The van der Waals surface area contributed by atoms with Crippen LogP contribution in [0, 0.1) is 6.92 Å². The summed E-state index contributed by atoms with van der Waals surface area (Å²) in [7, 11) is 1.59. The molecule has 3 heteroatoms. The van der Waals surface area contributed by atoms with Gasteiger partial charge in [0.05, 0.1) is 7.11 Å². The van der Waals surface area contributed by atoms with Crippen molar-refractivity contribution in [2.45, 2.75) is 6.92 Å². The Morgan fingerprint density at radius 1 is 1.50 bits per heavy atom. The van der Waals surface area contributed by atoms with E-state index < -0.39 is 0 Å². The average molecular weight is 245 g/mol. The molecule has 0 spiro atoms. The number of hydrogen-bond donors (Lipinski definition) is 0. The van der Waals surface area contributed by atoms with Crippen LogP contribution in [0.15, 0.2) is 22.7 Å². The first-order valence-electron chi connectivity index (χ1n) is 3.49. The molecule has 0 saturated heterocycles. The fourth-order valence-corrected chi connectivity index (χ4v) is 1.51. The Morgan fingerprint density at radius 2 is 2.17 bits per heavy atom. The van der Waals surface area contributed by atoms with E-state index in [4.69, 9.17) is 17.0 Å². The molecular weight excluding hydrogens is 236 g/mol. The van der Waals surface area contributed by atoms with Crippen LogP contribution in [0.1, 0.15) is 11.1 Å². The maximum Gasteiger partial charge on any atom is 0.191 e. The van der Waals surface area contributed by atoms with E-state index in [9.17, 15) is 0 Å². The molecule has 0 fully saturated rings. The molecule has 1 nitrogen and oxygen atoms in total. The van der Waals surface area contributed by atoms with Crippen molar-refractivity contribution in [3.05, 3.63) is 33.8 Å². The van der Waals surface area contributed by atoms with Crippen molar-refractivity contribution >= 4 is 33.2 Å². The molecule has 0 heterocycles. The van der Waals surface area contributed by atoms with Gasteiger partial charge in [-0.1, -0.05) is 22.0 Å². The molecule has 0 saturated carbocycles. The molecule has 0 radical (unpaired) electrons. The van der Waals surface area contributed by atoms with Crippen LogP contribution in [0.3, 0.4) is 0 Å². The molecule has 0 aliphatic rings. The van der Waals surface area contributed by atoms with E-state index in [1.54, 1.807) is 7.11 Å². The lowest BCUT2D eigenvalue weighted by Gasteiger charge is -2.05. The lowest BCUT2D eigenvalue weighted by atomic mass is 10.1. The zero-order chi connectivity index (χ0) is 9.14. The van der Waals surface area contributed by atoms with Crippen molar-refractivity contribution in [2.75, 3.05) is 7.11 Å². The van der Waals surface area contributed by atoms with Gasteiger partial charge in [-0.2, -0.15) is 0 Å². The van der Waals surface area contributed by atoms with Crippen molar-refractivity contribution in [3.63, 3.8) is 0 Å². The van der Waals surface area contributed by atoms with E-state index in [-0.39, 0.29) is 0 Å². The SMILES string of the molecule is COC(=S)c1cc(Br)ccc1C. The molecule has 0 bridgehead atoms. The molecular formula is C9H9BrOS. The normalized spacial score (nSPS) is 9.58. The van der Waals surface area contributed by atoms with Gasteiger partial charge in [-0.25, -0.2) is 0 Å². The van der Waals surface area contributed by atoms with Gasteiger partial charge in [0.1, 0.15) is 0 Å². The van der Waals surface area contributed by atoms with E-state index in [1.165, 1.54) is 0 Å². The van der Waals surface area contributed by atoms with Gasteiger partial charge >= 0.3 is 0 Å². The maximum atomic E-state index is 5.03. The predicted octanol–water partition coefficient (Wildman–Crippen LogP) is 3.08. The second-order valence-electron chi connectivity index (χ2n) is 2.45. The zero-order valence-corrected chi connectivity index (χ0v) is 9.33. The summed E-state index contributed by atoms with van der Waals surface area (Å²) in [5.74, 6) is 0. The second kappa shape index (κ2) is 4.01. The molecule has 1 aromatic rings. The number of rotatable bonds is 1. The van der Waals surface area contributed by atoms with E-state index in [0.29, 0.717) is 5.05 Å². The quantitative estimate of drug-likeness (QED) is 0.703. The lowest BCUT2D eigenvalue weighted by Crippen LogP contribution is -2.01. The van der Waals surface area contributed by atoms with E-state index >= 15 is 0 Å². The molecule has 0 amide bonds. The number of methoxy groups -OCH3 is 1. The smallest absolute Gasteiger partial charge is 0.191 e. The minimum atomic E-state index is 0.536. The van der Waals surface area contributed by atoms with Gasteiger partial charge < -0.3 is 4.74 Å². The van der Waals surface area contributed by atoms with Crippen molar-refractivity contribution < 1.29 is 4.74 Å². The van der Waals surface area contributed by atoms with Crippen LogP contribution < -0.4 is 0 Å². The Bertz CT molecular complexity index is 309. The molecule has 0 aliphatic carbocycles. The van der Waals surface area contributed by atoms with Crippen LogP contribution in [0.4, 0.5) is 0 Å². The fraction of sp³-hybridized carbons (Fsp3) is 0.222. The van der Waals surface area contributed by atoms with Gasteiger partial charge in [-0.3, -0.25) is 0 Å². The molecule has 64 valence electrons. The monoisotopic (exact) mass is 244 g/mol. The Balaban J connectivity index is 3.13. The molecule has 0 N–H and O–H groups in total. The Kier molecular flexibility index (Phi) is 3.23. The molecule has 12 heavy (non-hydrogen) atoms. The minimum absolute atomic E-state index is 0.536. The summed E-state index contributed by atoms with van der Waals surface area (Å²) in [6, 6.07) is 5.95. The first-order chi connectivity index (χ1) is 5.65. The van der Waals surface area contributed by atoms with Crippen LogP contribution in [-0.2, 0) is 4.74 Å². The number of thiocarbonyl (C=S) groups is 1. The zero-order valence-electron chi connectivity index (χ0n) is 6.93. The third-order valence-corrected chi connectivity index (χ3v) is 2.48. The van der Waals surface area contributed by atoms with E-state index in [0.717, 1.165) is 15.6 Å². The Morgan fingerprint density at radius 3 is 2.75 bits per heavy atom. The molecule has 0 atom stereocenters. The second-order valence-corrected chi connectivity index (χ2v) is 3.74. The summed E-state index contributed by atoms with van der Waals surface area (Å²) in [5, 5.41) is 0.536. The van der Waals surface area contributed by atoms with Gasteiger partial charge in [0, 0.05) is 10.0 Å². The van der Waals surface area contributed by atoms with Crippen LogP contribution in [0.25, 0.3) is 0 Å².